The molecule has 122 valence electrons. The first-order valence-electron chi connectivity index (χ1n) is 9.10. The molecule has 21 heavy (non-hydrogen) atoms. The molecule has 2 saturated carbocycles. The van der Waals surface area contributed by atoms with Gasteiger partial charge in [-0.3, -0.25) is 4.79 Å². The largest absolute Gasteiger partial charge is 0.339 e. The van der Waals surface area contributed by atoms with Crippen molar-refractivity contribution in [2.24, 2.45) is 17.1 Å². The maximum absolute atomic E-state index is 13.4. The number of carbonyl (C=O) groups excluding carboxylic acids is 1. The Kier molecular flexibility index (Phi) is 6.09. The highest BCUT2D eigenvalue weighted by molar-refractivity contribution is 5.83. The van der Waals surface area contributed by atoms with Crippen molar-refractivity contribution < 1.29 is 4.79 Å². The van der Waals surface area contributed by atoms with Gasteiger partial charge in [0.25, 0.3) is 0 Å². The summed E-state index contributed by atoms with van der Waals surface area (Å²) in [4.78, 5) is 15.6. The number of nitrogens with two attached hydrogens (primary N) is 1. The van der Waals surface area contributed by atoms with Crippen molar-refractivity contribution in [2.75, 3.05) is 13.1 Å². The van der Waals surface area contributed by atoms with Gasteiger partial charge < -0.3 is 10.6 Å². The maximum Gasteiger partial charge on any atom is 0.230 e. The molecule has 3 heteroatoms. The average molecular weight is 294 g/mol. The van der Waals surface area contributed by atoms with Crippen molar-refractivity contribution >= 4 is 5.91 Å². The quantitative estimate of drug-likeness (QED) is 0.786. The number of nitrogens with zero attached hydrogens (tertiary/aromatic N) is 1. The van der Waals surface area contributed by atoms with Gasteiger partial charge in [-0.25, -0.2) is 0 Å². The summed E-state index contributed by atoms with van der Waals surface area (Å²) < 4.78 is 0. The Labute approximate surface area is 130 Å². The SMILES string of the molecule is CC(C)CN(C(=O)C1(CN)CCCCCC1)C1CCCC1. The second-order valence-electron chi connectivity index (χ2n) is 7.69. The molecule has 0 aromatic rings. The lowest BCUT2D eigenvalue weighted by atomic mass is 9.78. The predicted molar refractivity (Wildman–Crippen MR) is 88.0 cm³/mol. The summed E-state index contributed by atoms with van der Waals surface area (Å²) in [6.07, 6.45) is 11.8. The van der Waals surface area contributed by atoms with E-state index in [4.69, 9.17) is 5.73 Å². The van der Waals surface area contributed by atoms with Gasteiger partial charge in [0.15, 0.2) is 0 Å². The van der Waals surface area contributed by atoms with Gasteiger partial charge >= 0.3 is 0 Å². The van der Waals surface area contributed by atoms with Gasteiger partial charge in [0.2, 0.25) is 5.91 Å². The second-order valence-corrected chi connectivity index (χ2v) is 7.69. The first kappa shape index (κ1) is 16.8. The van der Waals surface area contributed by atoms with Gasteiger partial charge in [0, 0.05) is 19.1 Å². The van der Waals surface area contributed by atoms with E-state index in [1.807, 2.05) is 0 Å². The van der Waals surface area contributed by atoms with Gasteiger partial charge in [-0.15, -0.1) is 0 Å². The Morgan fingerprint density at radius 1 is 1.10 bits per heavy atom. The fourth-order valence-electron chi connectivity index (χ4n) is 4.22. The Morgan fingerprint density at radius 3 is 2.14 bits per heavy atom. The molecule has 2 N–H and O–H groups in total. The van der Waals surface area contributed by atoms with Crippen LogP contribution in [0.1, 0.15) is 78.1 Å². The summed E-state index contributed by atoms with van der Waals surface area (Å²) in [5, 5.41) is 0. The molecule has 0 heterocycles. The van der Waals surface area contributed by atoms with E-state index in [0.717, 1.165) is 19.4 Å². The van der Waals surface area contributed by atoms with Gasteiger partial charge in [0.05, 0.1) is 5.41 Å². The molecule has 0 unspecified atom stereocenters. The summed E-state index contributed by atoms with van der Waals surface area (Å²) in [5.74, 6) is 0.919. The topological polar surface area (TPSA) is 46.3 Å². The fraction of sp³-hybridized carbons (Fsp3) is 0.944. The molecule has 0 aromatic carbocycles. The lowest BCUT2D eigenvalue weighted by molar-refractivity contribution is -0.145. The average Bonchev–Trinajstić information content (AvgIpc) is 2.88. The van der Waals surface area contributed by atoms with E-state index in [0.29, 0.717) is 24.4 Å². The summed E-state index contributed by atoms with van der Waals surface area (Å²) >= 11 is 0. The number of carbonyl (C=O) groups is 1. The summed E-state index contributed by atoms with van der Waals surface area (Å²) in [5.41, 5.74) is 5.87. The van der Waals surface area contributed by atoms with E-state index in [-0.39, 0.29) is 5.41 Å². The first-order chi connectivity index (χ1) is 10.1. The van der Waals surface area contributed by atoms with Gasteiger partial charge in [-0.1, -0.05) is 52.4 Å². The minimum atomic E-state index is -0.256. The fourth-order valence-corrected chi connectivity index (χ4v) is 4.22. The molecule has 0 radical (unpaired) electrons. The van der Waals surface area contributed by atoms with Crippen molar-refractivity contribution in [1.29, 1.82) is 0 Å². The van der Waals surface area contributed by atoms with Crippen LogP contribution in [0, 0.1) is 11.3 Å². The molecule has 0 saturated heterocycles. The molecule has 0 aromatic heterocycles. The van der Waals surface area contributed by atoms with E-state index >= 15 is 0 Å². The first-order valence-corrected chi connectivity index (χ1v) is 9.10. The van der Waals surface area contributed by atoms with Crippen LogP contribution in [0.4, 0.5) is 0 Å². The zero-order chi connectivity index (χ0) is 15.3. The molecule has 0 spiro atoms. The standard InChI is InChI=1S/C18H34N2O/c1-15(2)13-20(16-9-5-6-10-16)17(21)18(14-19)11-7-3-4-8-12-18/h15-16H,3-14,19H2,1-2H3. The van der Waals surface area contributed by atoms with Crippen LogP contribution in [0.3, 0.4) is 0 Å². The zero-order valence-electron chi connectivity index (χ0n) is 14.1. The third-order valence-corrected chi connectivity index (χ3v) is 5.49. The molecular weight excluding hydrogens is 260 g/mol. The monoisotopic (exact) mass is 294 g/mol. The van der Waals surface area contributed by atoms with E-state index in [9.17, 15) is 4.79 Å². The molecule has 0 bridgehead atoms. The number of hydrogen-bond acceptors (Lipinski definition) is 2. The van der Waals surface area contributed by atoms with Crippen molar-refractivity contribution in [3.8, 4) is 0 Å². The van der Waals surface area contributed by atoms with Crippen molar-refractivity contribution in [3.05, 3.63) is 0 Å². The molecule has 0 atom stereocenters. The number of rotatable bonds is 5. The van der Waals surface area contributed by atoms with Crippen LogP contribution in [-0.2, 0) is 4.79 Å². The maximum atomic E-state index is 13.4. The van der Waals surface area contributed by atoms with E-state index in [1.165, 1.54) is 51.4 Å². The van der Waals surface area contributed by atoms with Crippen LogP contribution < -0.4 is 5.73 Å². The van der Waals surface area contributed by atoms with E-state index < -0.39 is 0 Å². The normalized spacial score (nSPS) is 23.2. The van der Waals surface area contributed by atoms with Crippen molar-refractivity contribution in [2.45, 2.75) is 84.1 Å². The highest BCUT2D eigenvalue weighted by atomic mass is 16.2. The summed E-state index contributed by atoms with van der Waals surface area (Å²) in [6, 6.07) is 0.478. The van der Waals surface area contributed by atoms with Crippen molar-refractivity contribution in [1.82, 2.24) is 4.90 Å². The minimum absolute atomic E-state index is 0.256. The molecule has 2 rings (SSSR count). The Balaban J connectivity index is 2.17. The van der Waals surface area contributed by atoms with Crippen molar-refractivity contribution in [3.63, 3.8) is 0 Å². The third kappa shape index (κ3) is 4.00. The molecule has 0 aliphatic heterocycles. The third-order valence-electron chi connectivity index (χ3n) is 5.49. The molecule has 2 aliphatic rings. The van der Waals surface area contributed by atoms with Crippen LogP contribution in [-0.4, -0.2) is 29.9 Å². The number of hydrogen-bond donors (Lipinski definition) is 1. The van der Waals surface area contributed by atoms with Crippen LogP contribution in [0.5, 0.6) is 0 Å². The second kappa shape index (κ2) is 7.62. The van der Waals surface area contributed by atoms with Gasteiger partial charge in [0.1, 0.15) is 0 Å². The highest BCUT2D eigenvalue weighted by Gasteiger charge is 2.42. The lowest BCUT2D eigenvalue weighted by Gasteiger charge is -2.40. The summed E-state index contributed by atoms with van der Waals surface area (Å²) in [7, 11) is 0. The molecule has 3 nitrogen and oxygen atoms in total. The molecular formula is C18H34N2O. The van der Waals surface area contributed by atoms with E-state index in [1.54, 1.807) is 0 Å². The number of amides is 1. The van der Waals surface area contributed by atoms with Crippen LogP contribution >= 0.6 is 0 Å². The van der Waals surface area contributed by atoms with E-state index in [2.05, 4.69) is 18.7 Å². The Hall–Kier alpha value is -0.570. The predicted octanol–water partition coefficient (Wildman–Crippen LogP) is 3.71. The molecule has 2 fully saturated rings. The summed E-state index contributed by atoms with van der Waals surface area (Å²) in [6.45, 7) is 5.88. The Bertz CT molecular complexity index is 326. The lowest BCUT2D eigenvalue weighted by Crippen LogP contribution is -2.52. The Morgan fingerprint density at radius 2 is 1.67 bits per heavy atom. The molecule has 2 aliphatic carbocycles. The highest BCUT2D eigenvalue weighted by Crippen LogP contribution is 2.38. The van der Waals surface area contributed by atoms with Gasteiger partial charge in [-0.05, 0) is 31.6 Å². The van der Waals surface area contributed by atoms with Crippen LogP contribution in [0.2, 0.25) is 0 Å². The molecule has 1 amide bonds. The van der Waals surface area contributed by atoms with Crippen LogP contribution in [0.25, 0.3) is 0 Å². The van der Waals surface area contributed by atoms with Gasteiger partial charge in [-0.2, -0.15) is 0 Å². The zero-order valence-corrected chi connectivity index (χ0v) is 14.1. The smallest absolute Gasteiger partial charge is 0.230 e. The van der Waals surface area contributed by atoms with Crippen LogP contribution in [0.15, 0.2) is 0 Å². The minimum Gasteiger partial charge on any atom is -0.339 e.